The van der Waals surface area contributed by atoms with Crippen molar-refractivity contribution in [2.75, 3.05) is 4.90 Å². The standard InChI is InChI=1S/C23H24N4OS/c1-16(2)18-9-11-19(12-10-18)27(22(28)13-8-17-14-24-26(3)15-17)23-25-20-6-4-5-7-21(20)29-23/h4-7,9-12,14-16H,8,13H2,1-3H3. The Kier molecular flexibility index (Phi) is 5.45. The van der Waals surface area contributed by atoms with Crippen LogP contribution >= 0.6 is 11.3 Å². The average Bonchev–Trinajstić information content (AvgIpc) is 3.32. The molecule has 2 heterocycles. The van der Waals surface area contributed by atoms with Gasteiger partial charge in [-0.1, -0.05) is 49.4 Å². The summed E-state index contributed by atoms with van der Waals surface area (Å²) in [5.74, 6) is 0.478. The Hall–Kier alpha value is -2.99. The molecule has 0 fully saturated rings. The van der Waals surface area contributed by atoms with Gasteiger partial charge in [0.2, 0.25) is 5.91 Å². The lowest BCUT2D eigenvalue weighted by Gasteiger charge is -2.20. The number of hydrogen-bond acceptors (Lipinski definition) is 4. The molecule has 0 atom stereocenters. The molecule has 0 aliphatic heterocycles. The molecule has 0 saturated carbocycles. The molecule has 5 nitrogen and oxygen atoms in total. The molecular weight excluding hydrogens is 380 g/mol. The fourth-order valence-corrected chi connectivity index (χ4v) is 4.29. The van der Waals surface area contributed by atoms with Crippen LogP contribution in [0.15, 0.2) is 60.9 Å². The number of benzene rings is 2. The van der Waals surface area contributed by atoms with Crippen molar-refractivity contribution >= 4 is 38.3 Å². The van der Waals surface area contributed by atoms with Crippen LogP contribution in [0.2, 0.25) is 0 Å². The molecule has 0 aliphatic carbocycles. The number of fused-ring (bicyclic) bond motifs is 1. The predicted octanol–water partition coefficient (Wildman–Crippen LogP) is 5.45. The molecule has 148 valence electrons. The summed E-state index contributed by atoms with van der Waals surface area (Å²) in [6, 6.07) is 16.2. The molecule has 6 heteroatoms. The second-order valence-corrected chi connectivity index (χ2v) is 8.47. The predicted molar refractivity (Wildman–Crippen MR) is 119 cm³/mol. The number of amides is 1. The minimum absolute atomic E-state index is 0.0326. The van der Waals surface area contributed by atoms with Gasteiger partial charge in [-0.25, -0.2) is 4.98 Å². The topological polar surface area (TPSA) is 51.0 Å². The van der Waals surface area contributed by atoms with E-state index in [4.69, 9.17) is 4.98 Å². The maximum atomic E-state index is 13.3. The Balaban J connectivity index is 1.66. The van der Waals surface area contributed by atoms with Crippen LogP contribution in [0.25, 0.3) is 10.2 Å². The van der Waals surface area contributed by atoms with Crippen molar-refractivity contribution < 1.29 is 4.79 Å². The molecule has 2 aromatic carbocycles. The summed E-state index contributed by atoms with van der Waals surface area (Å²) >= 11 is 1.54. The molecule has 0 unspecified atom stereocenters. The van der Waals surface area contributed by atoms with Gasteiger partial charge in [-0.3, -0.25) is 14.4 Å². The fourth-order valence-electron chi connectivity index (χ4n) is 3.29. The molecule has 0 radical (unpaired) electrons. The van der Waals surface area contributed by atoms with E-state index in [1.54, 1.807) is 20.9 Å². The molecule has 0 spiro atoms. The Morgan fingerprint density at radius 3 is 2.55 bits per heavy atom. The highest BCUT2D eigenvalue weighted by Crippen LogP contribution is 2.34. The maximum absolute atomic E-state index is 13.3. The van der Waals surface area contributed by atoms with E-state index >= 15 is 0 Å². The minimum atomic E-state index is 0.0326. The number of carbonyl (C=O) groups is 1. The van der Waals surface area contributed by atoms with Crippen molar-refractivity contribution in [1.29, 1.82) is 0 Å². The Morgan fingerprint density at radius 2 is 1.90 bits per heavy atom. The summed E-state index contributed by atoms with van der Waals surface area (Å²) in [7, 11) is 1.88. The summed E-state index contributed by atoms with van der Waals surface area (Å²) in [6.45, 7) is 4.33. The maximum Gasteiger partial charge on any atom is 0.233 e. The molecule has 0 aliphatic rings. The highest BCUT2D eigenvalue weighted by Gasteiger charge is 2.22. The summed E-state index contributed by atoms with van der Waals surface area (Å²) in [6.07, 6.45) is 4.81. The number of aryl methyl sites for hydroxylation is 2. The zero-order valence-electron chi connectivity index (χ0n) is 16.9. The first-order chi connectivity index (χ1) is 14.0. The van der Waals surface area contributed by atoms with Crippen LogP contribution in [0, 0.1) is 0 Å². The van der Waals surface area contributed by atoms with Crippen molar-refractivity contribution in [1.82, 2.24) is 14.8 Å². The Labute approximate surface area is 174 Å². The van der Waals surface area contributed by atoms with Gasteiger partial charge in [0, 0.05) is 19.7 Å². The van der Waals surface area contributed by atoms with Crippen LogP contribution in [0.5, 0.6) is 0 Å². The van der Waals surface area contributed by atoms with Gasteiger partial charge < -0.3 is 0 Å². The summed E-state index contributed by atoms with van der Waals surface area (Å²) in [5, 5.41) is 4.90. The van der Waals surface area contributed by atoms with Crippen molar-refractivity contribution in [2.24, 2.45) is 7.05 Å². The molecule has 0 N–H and O–H groups in total. The van der Waals surface area contributed by atoms with Gasteiger partial charge in [-0.15, -0.1) is 0 Å². The third-order valence-corrected chi connectivity index (χ3v) is 5.95. The number of rotatable bonds is 6. The lowest BCUT2D eigenvalue weighted by Crippen LogP contribution is -2.26. The second kappa shape index (κ2) is 8.17. The van der Waals surface area contributed by atoms with E-state index in [0.29, 0.717) is 23.9 Å². The quantitative estimate of drug-likeness (QED) is 0.429. The van der Waals surface area contributed by atoms with E-state index in [1.165, 1.54) is 5.56 Å². The highest BCUT2D eigenvalue weighted by molar-refractivity contribution is 7.22. The molecule has 1 amide bonds. The first kappa shape index (κ1) is 19.3. The summed E-state index contributed by atoms with van der Waals surface area (Å²) in [5.41, 5.74) is 4.07. The summed E-state index contributed by atoms with van der Waals surface area (Å²) < 4.78 is 2.84. The van der Waals surface area contributed by atoms with Crippen LogP contribution in [0.4, 0.5) is 10.8 Å². The highest BCUT2D eigenvalue weighted by atomic mass is 32.1. The van der Waals surface area contributed by atoms with Gasteiger partial charge in [-0.05, 0) is 47.7 Å². The van der Waals surface area contributed by atoms with E-state index in [1.807, 2.05) is 55.8 Å². The van der Waals surface area contributed by atoms with Gasteiger partial charge in [0.15, 0.2) is 5.13 Å². The number of nitrogens with zero attached hydrogens (tertiary/aromatic N) is 4. The normalized spacial score (nSPS) is 11.3. The molecule has 0 bridgehead atoms. The van der Waals surface area contributed by atoms with E-state index in [-0.39, 0.29) is 5.91 Å². The third kappa shape index (κ3) is 4.22. The van der Waals surface area contributed by atoms with Crippen LogP contribution in [0.3, 0.4) is 0 Å². The third-order valence-electron chi connectivity index (χ3n) is 4.93. The first-order valence-electron chi connectivity index (χ1n) is 9.77. The van der Waals surface area contributed by atoms with E-state index in [2.05, 4.69) is 31.1 Å². The number of carbonyl (C=O) groups excluding carboxylic acids is 1. The van der Waals surface area contributed by atoms with Gasteiger partial charge >= 0.3 is 0 Å². The zero-order valence-corrected chi connectivity index (χ0v) is 17.7. The summed E-state index contributed by atoms with van der Waals surface area (Å²) in [4.78, 5) is 19.8. The smallest absolute Gasteiger partial charge is 0.233 e. The van der Waals surface area contributed by atoms with Crippen LogP contribution < -0.4 is 4.90 Å². The zero-order chi connectivity index (χ0) is 20.4. The van der Waals surface area contributed by atoms with Crippen molar-refractivity contribution in [3.8, 4) is 0 Å². The number of thiazole rings is 1. The van der Waals surface area contributed by atoms with Gasteiger partial charge in [0.1, 0.15) is 0 Å². The number of anilines is 2. The number of para-hydroxylation sites is 1. The van der Waals surface area contributed by atoms with E-state index < -0.39 is 0 Å². The van der Waals surface area contributed by atoms with E-state index in [9.17, 15) is 4.79 Å². The van der Waals surface area contributed by atoms with Gasteiger partial charge in [-0.2, -0.15) is 5.10 Å². The van der Waals surface area contributed by atoms with Gasteiger partial charge in [0.25, 0.3) is 0 Å². The molecule has 0 saturated heterocycles. The Bertz CT molecular complexity index is 1090. The lowest BCUT2D eigenvalue weighted by molar-refractivity contribution is -0.117. The van der Waals surface area contributed by atoms with Crippen LogP contribution in [0.1, 0.15) is 37.3 Å². The second-order valence-electron chi connectivity index (χ2n) is 7.46. The van der Waals surface area contributed by atoms with Crippen molar-refractivity contribution in [3.63, 3.8) is 0 Å². The Morgan fingerprint density at radius 1 is 1.14 bits per heavy atom. The minimum Gasteiger partial charge on any atom is -0.276 e. The average molecular weight is 405 g/mol. The van der Waals surface area contributed by atoms with Crippen molar-refractivity contribution in [2.45, 2.75) is 32.6 Å². The fraction of sp³-hybridized carbons (Fsp3) is 0.261. The van der Waals surface area contributed by atoms with Crippen LogP contribution in [-0.4, -0.2) is 20.7 Å². The SMILES string of the molecule is CC(C)c1ccc(N(C(=O)CCc2cnn(C)c2)c2nc3ccccc3s2)cc1. The first-order valence-corrected chi connectivity index (χ1v) is 10.6. The molecule has 4 aromatic rings. The molecule has 29 heavy (non-hydrogen) atoms. The lowest BCUT2D eigenvalue weighted by atomic mass is 10.0. The molecule has 2 aromatic heterocycles. The van der Waals surface area contributed by atoms with Gasteiger partial charge in [0.05, 0.1) is 22.1 Å². The monoisotopic (exact) mass is 404 g/mol. The number of hydrogen-bond donors (Lipinski definition) is 0. The van der Waals surface area contributed by atoms with Crippen molar-refractivity contribution in [3.05, 3.63) is 72.1 Å². The van der Waals surface area contributed by atoms with Crippen LogP contribution in [-0.2, 0) is 18.3 Å². The molecular formula is C23H24N4OS. The number of aromatic nitrogens is 3. The molecule has 4 rings (SSSR count). The van der Waals surface area contributed by atoms with E-state index in [0.717, 1.165) is 21.5 Å². The largest absolute Gasteiger partial charge is 0.276 e.